The van der Waals surface area contributed by atoms with E-state index in [1.54, 1.807) is 16.7 Å². The van der Waals surface area contributed by atoms with E-state index in [9.17, 15) is 0 Å². The minimum absolute atomic E-state index is 0.0589. The van der Waals surface area contributed by atoms with E-state index in [0.717, 1.165) is 38.5 Å². The summed E-state index contributed by atoms with van der Waals surface area (Å²) in [6.07, 6.45) is 49.6. The van der Waals surface area contributed by atoms with Crippen molar-refractivity contribution >= 4 is 22.9 Å². The molecule has 9 aliphatic carbocycles. The van der Waals surface area contributed by atoms with Crippen LogP contribution in [-0.2, 0) is 6.42 Å². The van der Waals surface area contributed by atoms with Gasteiger partial charge in [-0.05, 0) is 145 Å². The maximum absolute atomic E-state index is 7.29. The molecule has 0 N–H and O–H groups in total. The van der Waals surface area contributed by atoms with Gasteiger partial charge in [-0.25, -0.2) is 0 Å². The SMILES string of the molecule is CC1(C)C2=CCCCC2C2=CC=C(c3c4c(cc5c3OC3C=CC(N(c6ccc(C7CC=CCC7)cc6)C6C=CC7=C(C6)C6C=CC=CC6c6ccccc67)CC53)CCC=C4)CC21. The van der Waals surface area contributed by atoms with Crippen LogP contribution in [0.3, 0.4) is 0 Å². The molecule has 1 fully saturated rings. The lowest BCUT2D eigenvalue weighted by molar-refractivity contribution is 0.237. The summed E-state index contributed by atoms with van der Waals surface area (Å²) >= 11 is 0. The number of fused-ring (bicyclic) bond motifs is 12. The van der Waals surface area contributed by atoms with E-state index in [0.29, 0.717) is 35.5 Å². The van der Waals surface area contributed by atoms with Crippen molar-refractivity contribution < 1.29 is 4.74 Å². The Bertz CT molecular complexity index is 2720. The van der Waals surface area contributed by atoms with Crippen molar-refractivity contribution in [2.75, 3.05) is 4.90 Å². The first kappa shape index (κ1) is 38.1. The lowest BCUT2D eigenvalue weighted by Gasteiger charge is -2.45. The lowest BCUT2D eigenvalue weighted by Crippen LogP contribution is -2.46. The van der Waals surface area contributed by atoms with Crippen LogP contribution in [0.4, 0.5) is 5.69 Å². The zero-order valence-corrected chi connectivity index (χ0v) is 37.2. The number of hydrogen-bond acceptors (Lipinski definition) is 2. The minimum atomic E-state index is 0.0589. The normalized spacial score (nSPS) is 32.2. The zero-order chi connectivity index (χ0) is 41.8. The van der Waals surface area contributed by atoms with Crippen LogP contribution in [0.5, 0.6) is 5.75 Å². The number of anilines is 1. The Labute approximate surface area is 375 Å². The van der Waals surface area contributed by atoms with Crippen LogP contribution in [0.2, 0.25) is 0 Å². The standard InChI is InChI=1S/C61H61NO/c1-61(2)56-23-13-12-22-51(56)52-31-26-41(35-57(52)61)59-45-17-7-6-16-40(45)34-55-54-37-44(30-33-58(54)63-60(55)59)62(42-27-24-39(25-28-42)38-14-4-3-5-15-38)43-29-32-50-48-20-9-8-18-46(48)47-19-10-11-21-49(47)53(50)36-43/h3-4,7-11,17-21,23-34,38,43-44,47,49,51,54,57-58H,5-6,12-16,22,35-37H2,1-2H3. The molecule has 13 rings (SSSR count). The van der Waals surface area contributed by atoms with Gasteiger partial charge in [0.25, 0.3) is 0 Å². The van der Waals surface area contributed by atoms with Gasteiger partial charge >= 0.3 is 0 Å². The second-order valence-corrected chi connectivity index (χ2v) is 21.0. The molecule has 10 aliphatic rings. The number of allylic oxidation sites excluding steroid dienone is 15. The average molecular weight is 824 g/mol. The third kappa shape index (κ3) is 6.02. The van der Waals surface area contributed by atoms with Crippen molar-refractivity contribution in [2.24, 2.45) is 23.2 Å². The number of ether oxygens (including phenoxy) is 1. The summed E-state index contributed by atoms with van der Waals surface area (Å²) < 4.78 is 7.29. The summed E-state index contributed by atoms with van der Waals surface area (Å²) in [4.78, 5) is 2.81. The third-order valence-corrected chi connectivity index (χ3v) is 17.5. The fourth-order valence-electron chi connectivity index (χ4n) is 14.4. The van der Waals surface area contributed by atoms with Gasteiger partial charge < -0.3 is 9.64 Å². The Balaban J connectivity index is 0.872. The maximum atomic E-state index is 7.29. The van der Waals surface area contributed by atoms with Gasteiger partial charge in [0.1, 0.15) is 11.9 Å². The first-order chi connectivity index (χ1) is 31.0. The first-order valence-electron chi connectivity index (χ1n) is 24.7. The molecule has 9 unspecified atom stereocenters. The topological polar surface area (TPSA) is 12.5 Å². The fraction of sp³-hybridized carbons (Fsp3) is 0.377. The van der Waals surface area contributed by atoms with Gasteiger partial charge in [-0.15, -0.1) is 0 Å². The van der Waals surface area contributed by atoms with Crippen LogP contribution in [0, 0.1) is 23.2 Å². The lowest BCUT2D eigenvalue weighted by atomic mass is 9.67. The van der Waals surface area contributed by atoms with Crippen LogP contribution in [0.25, 0.3) is 17.2 Å². The summed E-state index contributed by atoms with van der Waals surface area (Å²) in [5.74, 6) is 4.09. The zero-order valence-electron chi connectivity index (χ0n) is 37.2. The molecule has 9 atom stereocenters. The molecule has 2 heteroatoms. The van der Waals surface area contributed by atoms with Crippen LogP contribution in [0.15, 0.2) is 156 Å². The van der Waals surface area contributed by atoms with E-state index < -0.39 is 0 Å². The summed E-state index contributed by atoms with van der Waals surface area (Å²) in [5.41, 5.74) is 19.6. The van der Waals surface area contributed by atoms with Gasteiger partial charge in [-0.3, -0.25) is 0 Å². The van der Waals surface area contributed by atoms with Crippen LogP contribution < -0.4 is 9.64 Å². The molecule has 3 aromatic carbocycles. The summed E-state index contributed by atoms with van der Waals surface area (Å²) in [6, 6.07) is 22.1. The molecule has 0 bridgehead atoms. The number of aryl methyl sites for hydroxylation is 1. The highest BCUT2D eigenvalue weighted by Crippen LogP contribution is 2.62. The van der Waals surface area contributed by atoms with Crippen molar-refractivity contribution in [1.29, 1.82) is 0 Å². The molecule has 0 amide bonds. The van der Waals surface area contributed by atoms with Crippen LogP contribution in [-0.4, -0.2) is 18.2 Å². The van der Waals surface area contributed by atoms with Gasteiger partial charge in [-0.1, -0.05) is 158 Å². The molecule has 63 heavy (non-hydrogen) atoms. The van der Waals surface area contributed by atoms with Gasteiger partial charge in [0.2, 0.25) is 0 Å². The van der Waals surface area contributed by atoms with Gasteiger partial charge in [0.15, 0.2) is 0 Å². The Hall–Kier alpha value is -5.34. The highest BCUT2D eigenvalue weighted by molar-refractivity contribution is 5.86. The Morgan fingerprint density at radius 1 is 0.762 bits per heavy atom. The van der Waals surface area contributed by atoms with Gasteiger partial charge in [0, 0.05) is 46.5 Å². The Morgan fingerprint density at radius 3 is 2.54 bits per heavy atom. The van der Waals surface area contributed by atoms with E-state index in [1.165, 1.54) is 93.6 Å². The minimum Gasteiger partial charge on any atom is -0.485 e. The highest BCUT2D eigenvalue weighted by atomic mass is 16.5. The highest BCUT2D eigenvalue weighted by Gasteiger charge is 2.50. The van der Waals surface area contributed by atoms with Crippen molar-refractivity contribution in [3.05, 3.63) is 195 Å². The maximum Gasteiger partial charge on any atom is 0.131 e. The third-order valence-electron chi connectivity index (χ3n) is 17.5. The van der Waals surface area contributed by atoms with Crippen LogP contribution >= 0.6 is 0 Å². The molecular weight excluding hydrogens is 763 g/mol. The second-order valence-electron chi connectivity index (χ2n) is 21.0. The molecular formula is C61H61NO. The number of rotatable bonds is 5. The molecule has 3 aromatic rings. The van der Waals surface area contributed by atoms with Crippen molar-refractivity contribution in [2.45, 2.75) is 120 Å². The predicted octanol–water partition coefficient (Wildman–Crippen LogP) is 14.9. The van der Waals surface area contributed by atoms with Crippen molar-refractivity contribution in [3.8, 4) is 5.75 Å². The molecule has 2 nitrogen and oxygen atoms in total. The van der Waals surface area contributed by atoms with E-state index in [-0.39, 0.29) is 23.6 Å². The number of benzene rings is 3. The van der Waals surface area contributed by atoms with Crippen molar-refractivity contribution in [3.63, 3.8) is 0 Å². The second kappa shape index (κ2) is 14.9. The smallest absolute Gasteiger partial charge is 0.131 e. The average Bonchev–Trinajstić information content (AvgIpc) is 3.81. The monoisotopic (exact) mass is 823 g/mol. The summed E-state index contributed by atoms with van der Waals surface area (Å²) in [6.45, 7) is 5.07. The first-order valence-corrected chi connectivity index (χ1v) is 24.7. The van der Waals surface area contributed by atoms with E-state index in [1.807, 2.05) is 0 Å². The number of hydrogen-bond donors (Lipinski definition) is 0. The fourth-order valence-corrected chi connectivity index (χ4v) is 14.4. The van der Waals surface area contributed by atoms with Crippen molar-refractivity contribution in [1.82, 2.24) is 0 Å². The van der Waals surface area contributed by atoms with Gasteiger partial charge in [-0.2, -0.15) is 0 Å². The Kier molecular flexibility index (Phi) is 9.00. The molecule has 1 saturated carbocycles. The molecule has 0 radical (unpaired) electrons. The largest absolute Gasteiger partial charge is 0.485 e. The van der Waals surface area contributed by atoms with E-state index in [2.05, 4.69) is 164 Å². The number of nitrogens with zero attached hydrogens (tertiary/aromatic N) is 1. The quantitative estimate of drug-likeness (QED) is 0.238. The molecule has 1 aliphatic heterocycles. The molecule has 1 heterocycles. The van der Waals surface area contributed by atoms with E-state index in [4.69, 9.17) is 4.74 Å². The van der Waals surface area contributed by atoms with Gasteiger partial charge in [0.05, 0.1) is 6.04 Å². The van der Waals surface area contributed by atoms with Crippen LogP contribution in [0.1, 0.15) is 135 Å². The Morgan fingerprint density at radius 2 is 1.65 bits per heavy atom. The predicted molar refractivity (Wildman–Crippen MR) is 262 cm³/mol. The summed E-state index contributed by atoms with van der Waals surface area (Å²) in [7, 11) is 0. The summed E-state index contributed by atoms with van der Waals surface area (Å²) in [5, 5.41) is 0. The molecule has 0 spiro atoms. The molecule has 316 valence electrons. The molecule has 0 aromatic heterocycles. The van der Waals surface area contributed by atoms with E-state index >= 15 is 0 Å². The molecule has 0 saturated heterocycles.